The van der Waals surface area contributed by atoms with Crippen molar-refractivity contribution in [2.75, 3.05) is 26.7 Å². The lowest BCUT2D eigenvalue weighted by atomic mass is 9.99. The summed E-state index contributed by atoms with van der Waals surface area (Å²) in [5.41, 5.74) is 0. The van der Waals surface area contributed by atoms with Crippen LogP contribution < -0.4 is 5.32 Å². The molecule has 1 saturated heterocycles. The standard InChI is InChI=1S/C13H24N2O2/c1-10-5-7-15(8-6-10)9-12(13(16)17-2)14-11-3-4-11/h10-12,14H,3-9H2,1-2H3. The number of hydrogen-bond donors (Lipinski definition) is 1. The molecule has 0 radical (unpaired) electrons. The van der Waals surface area contributed by atoms with E-state index in [0.29, 0.717) is 6.04 Å². The summed E-state index contributed by atoms with van der Waals surface area (Å²) < 4.78 is 4.88. The number of carbonyl (C=O) groups excluding carboxylic acids is 1. The van der Waals surface area contributed by atoms with Gasteiger partial charge in [-0.15, -0.1) is 0 Å². The highest BCUT2D eigenvalue weighted by Gasteiger charge is 2.30. The van der Waals surface area contributed by atoms with E-state index in [1.807, 2.05) is 0 Å². The molecule has 0 aromatic heterocycles. The van der Waals surface area contributed by atoms with Crippen molar-refractivity contribution in [1.82, 2.24) is 10.2 Å². The Morgan fingerprint density at radius 3 is 2.53 bits per heavy atom. The number of nitrogens with zero attached hydrogens (tertiary/aromatic N) is 1. The number of hydrogen-bond acceptors (Lipinski definition) is 4. The summed E-state index contributed by atoms with van der Waals surface area (Å²) >= 11 is 0. The Morgan fingerprint density at radius 2 is 2.00 bits per heavy atom. The van der Waals surface area contributed by atoms with Gasteiger partial charge in [-0.05, 0) is 44.7 Å². The summed E-state index contributed by atoms with van der Waals surface area (Å²) in [6, 6.07) is 0.406. The van der Waals surface area contributed by atoms with Crippen LogP contribution in [0.3, 0.4) is 0 Å². The lowest BCUT2D eigenvalue weighted by molar-refractivity contribution is -0.143. The van der Waals surface area contributed by atoms with Crippen LogP contribution in [0.25, 0.3) is 0 Å². The molecule has 17 heavy (non-hydrogen) atoms. The van der Waals surface area contributed by atoms with Crippen LogP contribution in [0.1, 0.15) is 32.6 Å². The average Bonchev–Trinajstić information content (AvgIpc) is 3.14. The minimum atomic E-state index is -0.138. The zero-order chi connectivity index (χ0) is 12.3. The lowest BCUT2D eigenvalue weighted by Crippen LogP contribution is -2.49. The smallest absolute Gasteiger partial charge is 0.324 e. The van der Waals surface area contributed by atoms with E-state index in [9.17, 15) is 4.79 Å². The molecular formula is C13H24N2O2. The Labute approximate surface area is 104 Å². The van der Waals surface area contributed by atoms with Crippen molar-refractivity contribution in [3.63, 3.8) is 0 Å². The molecule has 0 aromatic rings. The number of piperidine rings is 1. The highest BCUT2D eigenvalue weighted by atomic mass is 16.5. The van der Waals surface area contributed by atoms with Gasteiger partial charge in [0.05, 0.1) is 7.11 Å². The molecule has 1 aliphatic carbocycles. The van der Waals surface area contributed by atoms with Crippen molar-refractivity contribution >= 4 is 5.97 Å². The highest BCUT2D eigenvalue weighted by Crippen LogP contribution is 2.21. The third-order valence-corrected chi connectivity index (χ3v) is 3.82. The first-order chi connectivity index (χ1) is 8.19. The molecule has 0 bridgehead atoms. The molecular weight excluding hydrogens is 216 g/mol. The van der Waals surface area contributed by atoms with E-state index in [2.05, 4.69) is 17.1 Å². The van der Waals surface area contributed by atoms with Crippen molar-refractivity contribution in [2.24, 2.45) is 5.92 Å². The van der Waals surface area contributed by atoms with Gasteiger partial charge in [-0.3, -0.25) is 4.79 Å². The number of methoxy groups -OCH3 is 1. The first kappa shape index (κ1) is 12.8. The maximum Gasteiger partial charge on any atom is 0.324 e. The van der Waals surface area contributed by atoms with E-state index in [1.165, 1.54) is 32.8 Å². The van der Waals surface area contributed by atoms with Gasteiger partial charge in [-0.25, -0.2) is 0 Å². The summed E-state index contributed by atoms with van der Waals surface area (Å²) in [6.07, 6.45) is 4.89. The van der Waals surface area contributed by atoms with Gasteiger partial charge in [0, 0.05) is 12.6 Å². The van der Waals surface area contributed by atoms with E-state index < -0.39 is 0 Å². The molecule has 0 aromatic carbocycles. The second-order valence-corrected chi connectivity index (χ2v) is 5.50. The van der Waals surface area contributed by atoms with E-state index in [1.54, 1.807) is 0 Å². The van der Waals surface area contributed by atoms with Gasteiger partial charge in [0.25, 0.3) is 0 Å². The van der Waals surface area contributed by atoms with Crippen molar-refractivity contribution < 1.29 is 9.53 Å². The normalized spacial score (nSPS) is 24.6. The molecule has 2 rings (SSSR count). The van der Waals surface area contributed by atoms with Crippen LogP contribution in [0, 0.1) is 5.92 Å². The number of ether oxygens (including phenoxy) is 1. The third kappa shape index (κ3) is 3.96. The molecule has 1 heterocycles. The molecule has 4 nitrogen and oxygen atoms in total. The number of rotatable bonds is 5. The van der Waals surface area contributed by atoms with Crippen molar-refractivity contribution in [3.05, 3.63) is 0 Å². The Morgan fingerprint density at radius 1 is 1.35 bits per heavy atom. The fourth-order valence-corrected chi connectivity index (χ4v) is 2.37. The van der Waals surface area contributed by atoms with Gasteiger partial charge in [-0.2, -0.15) is 0 Å². The predicted octanol–water partition coefficient (Wildman–Crippen LogP) is 1.01. The zero-order valence-corrected chi connectivity index (χ0v) is 10.9. The largest absolute Gasteiger partial charge is 0.468 e. The van der Waals surface area contributed by atoms with E-state index in [4.69, 9.17) is 4.74 Å². The van der Waals surface area contributed by atoms with Gasteiger partial charge >= 0.3 is 5.97 Å². The maximum absolute atomic E-state index is 11.7. The first-order valence-corrected chi connectivity index (χ1v) is 6.75. The number of likely N-dealkylation sites (tertiary alicyclic amines) is 1. The van der Waals surface area contributed by atoms with Gasteiger partial charge in [0.2, 0.25) is 0 Å². The summed E-state index contributed by atoms with van der Waals surface area (Å²) in [5, 5.41) is 3.38. The van der Waals surface area contributed by atoms with Crippen molar-refractivity contribution in [1.29, 1.82) is 0 Å². The molecule has 2 fully saturated rings. The molecule has 0 amide bonds. The zero-order valence-electron chi connectivity index (χ0n) is 10.9. The quantitative estimate of drug-likeness (QED) is 0.728. The summed E-state index contributed by atoms with van der Waals surface area (Å²) in [7, 11) is 1.47. The number of nitrogens with one attached hydrogen (secondary N) is 1. The molecule has 1 N–H and O–H groups in total. The Balaban J connectivity index is 1.80. The Kier molecular flexibility index (Phi) is 4.40. The van der Waals surface area contributed by atoms with E-state index >= 15 is 0 Å². The average molecular weight is 240 g/mol. The molecule has 1 aliphatic heterocycles. The molecule has 1 unspecified atom stereocenters. The molecule has 1 saturated carbocycles. The van der Waals surface area contributed by atoms with Crippen LogP contribution in [0.2, 0.25) is 0 Å². The van der Waals surface area contributed by atoms with Gasteiger partial charge in [-0.1, -0.05) is 6.92 Å². The van der Waals surface area contributed by atoms with Crippen LogP contribution in [0.15, 0.2) is 0 Å². The van der Waals surface area contributed by atoms with Gasteiger partial charge < -0.3 is 15.0 Å². The highest BCUT2D eigenvalue weighted by molar-refractivity contribution is 5.76. The summed E-state index contributed by atoms with van der Waals surface area (Å²) in [4.78, 5) is 14.1. The molecule has 2 aliphatic rings. The van der Waals surface area contributed by atoms with Gasteiger partial charge in [0.15, 0.2) is 0 Å². The number of esters is 1. The van der Waals surface area contributed by atoms with Crippen LogP contribution >= 0.6 is 0 Å². The van der Waals surface area contributed by atoms with Crippen LogP contribution in [0.5, 0.6) is 0 Å². The van der Waals surface area contributed by atoms with Crippen LogP contribution in [0.4, 0.5) is 0 Å². The Hall–Kier alpha value is -0.610. The minimum absolute atomic E-state index is 0.115. The topological polar surface area (TPSA) is 41.6 Å². The fourth-order valence-electron chi connectivity index (χ4n) is 2.37. The van der Waals surface area contributed by atoms with Crippen molar-refractivity contribution in [3.8, 4) is 0 Å². The first-order valence-electron chi connectivity index (χ1n) is 6.75. The molecule has 98 valence electrons. The second kappa shape index (κ2) is 5.83. The summed E-state index contributed by atoms with van der Waals surface area (Å²) in [6.45, 7) is 5.33. The Bertz CT molecular complexity index is 258. The number of carbonyl (C=O) groups is 1. The summed E-state index contributed by atoms with van der Waals surface area (Å²) in [5.74, 6) is 0.717. The maximum atomic E-state index is 11.7. The van der Waals surface area contributed by atoms with Crippen molar-refractivity contribution in [2.45, 2.75) is 44.7 Å². The second-order valence-electron chi connectivity index (χ2n) is 5.50. The molecule has 1 atom stereocenters. The minimum Gasteiger partial charge on any atom is -0.468 e. The third-order valence-electron chi connectivity index (χ3n) is 3.82. The monoisotopic (exact) mass is 240 g/mol. The van der Waals surface area contributed by atoms with E-state index in [-0.39, 0.29) is 12.0 Å². The van der Waals surface area contributed by atoms with Crippen LogP contribution in [-0.4, -0.2) is 49.7 Å². The van der Waals surface area contributed by atoms with Gasteiger partial charge in [0.1, 0.15) is 6.04 Å². The van der Waals surface area contributed by atoms with E-state index in [0.717, 1.165) is 25.6 Å². The lowest BCUT2D eigenvalue weighted by Gasteiger charge is -2.32. The SMILES string of the molecule is COC(=O)C(CN1CCC(C)CC1)NC1CC1. The molecule has 4 heteroatoms. The molecule has 0 spiro atoms. The van der Waals surface area contributed by atoms with Crippen LogP contribution in [-0.2, 0) is 9.53 Å². The predicted molar refractivity (Wildman–Crippen MR) is 66.8 cm³/mol. The fraction of sp³-hybridized carbons (Fsp3) is 0.923.